The summed E-state index contributed by atoms with van der Waals surface area (Å²) in [5.41, 5.74) is 1.72. The Balaban J connectivity index is 1.75. The van der Waals surface area contributed by atoms with Gasteiger partial charge in [-0.1, -0.05) is 6.07 Å². The number of methoxy groups -OCH3 is 1. The fraction of sp³-hybridized carbons (Fsp3) is 0.440. The Kier molecular flexibility index (Phi) is 6.16. The molecular weight excluding hydrogens is 453 g/mol. The number of benzene rings is 1. The molecule has 0 saturated carbocycles. The average molecular weight is 484 g/mol. The van der Waals surface area contributed by atoms with Crippen LogP contribution in [0.3, 0.4) is 0 Å². The molecule has 10 heteroatoms. The van der Waals surface area contributed by atoms with Gasteiger partial charge in [-0.2, -0.15) is 0 Å². The average Bonchev–Trinajstić information content (AvgIpc) is 3.39. The molecule has 2 aromatic heterocycles. The highest BCUT2D eigenvalue weighted by Crippen LogP contribution is 2.37. The fourth-order valence-electron chi connectivity index (χ4n) is 4.35. The number of amides is 1. The van der Waals surface area contributed by atoms with Gasteiger partial charge in [-0.3, -0.25) is 4.98 Å². The Bertz CT molecular complexity index is 1260. The third-order valence-corrected chi connectivity index (χ3v) is 5.97. The first-order chi connectivity index (χ1) is 16.4. The van der Waals surface area contributed by atoms with Gasteiger partial charge in [0.1, 0.15) is 28.3 Å². The van der Waals surface area contributed by atoms with Gasteiger partial charge in [-0.15, -0.1) is 0 Å². The van der Waals surface area contributed by atoms with E-state index in [1.54, 1.807) is 33.0 Å². The number of pyridine rings is 1. The highest BCUT2D eigenvalue weighted by atomic mass is 19.1. The smallest absolute Gasteiger partial charge is 0.408 e. The second kappa shape index (κ2) is 8.83. The number of nitrogens with zero attached hydrogens (tertiary/aromatic N) is 3. The molecule has 3 heterocycles. The predicted octanol–water partition coefficient (Wildman–Crippen LogP) is 4.35. The van der Waals surface area contributed by atoms with Gasteiger partial charge in [0.2, 0.25) is 0 Å². The Morgan fingerprint density at radius 1 is 1.26 bits per heavy atom. The third kappa shape index (κ3) is 4.91. The first-order valence-corrected chi connectivity index (χ1v) is 11.4. The quantitative estimate of drug-likeness (QED) is 0.531. The minimum Gasteiger partial charge on any atom is -0.465 e. The first-order valence-electron chi connectivity index (χ1n) is 11.4. The van der Waals surface area contributed by atoms with E-state index in [2.05, 4.69) is 20.3 Å². The van der Waals surface area contributed by atoms with Crippen molar-refractivity contribution in [3.8, 4) is 11.4 Å². The number of halogens is 1. The van der Waals surface area contributed by atoms with Gasteiger partial charge in [-0.25, -0.2) is 19.0 Å². The molecule has 1 aliphatic heterocycles. The van der Waals surface area contributed by atoms with E-state index in [1.165, 1.54) is 19.4 Å². The number of carbonyl (C=O) groups is 2. The number of hydrogen-bond donors (Lipinski definition) is 2. The van der Waals surface area contributed by atoms with Crippen LogP contribution < -0.4 is 10.2 Å². The molecule has 1 saturated heterocycles. The van der Waals surface area contributed by atoms with Crippen LogP contribution in [0.25, 0.3) is 22.4 Å². The molecule has 0 radical (unpaired) electrons. The number of aryl methyl sites for hydroxylation is 1. The zero-order chi connectivity index (χ0) is 25.5. The number of esters is 1. The van der Waals surface area contributed by atoms with E-state index in [-0.39, 0.29) is 11.1 Å². The van der Waals surface area contributed by atoms with E-state index in [1.807, 2.05) is 18.7 Å². The van der Waals surface area contributed by atoms with Crippen molar-refractivity contribution in [3.63, 3.8) is 0 Å². The molecule has 1 fully saturated rings. The van der Waals surface area contributed by atoms with Gasteiger partial charge in [-0.05, 0) is 52.7 Å². The number of aromatic nitrogens is 3. The molecule has 35 heavy (non-hydrogen) atoms. The molecule has 0 unspecified atom stereocenters. The molecule has 4 rings (SSSR count). The van der Waals surface area contributed by atoms with Gasteiger partial charge in [0, 0.05) is 25.5 Å². The van der Waals surface area contributed by atoms with E-state index in [0.717, 1.165) is 5.56 Å². The number of alkyl carbamates (subject to hydrolysis) is 1. The predicted molar refractivity (Wildman–Crippen MR) is 130 cm³/mol. The molecule has 1 amide bonds. The van der Waals surface area contributed by atoms with Crippen LogP contribution in [-0.2, 0) is 9.47 Å². The van der Waals surface area contributed by atoms with Crippen molar-refractivity contribution in [3.05, 3.63) is 41.5 Å². The van der Waals surface area contributed by atoms with E-state index in [0.29, 0.717) is 42.1 Å². The number of rotatable bonds is 4. The van der Waals surface area contributed by atoms with Crippen molar-refractivity contribution < 1.29 is 23.5 Å². The second-order valence-corrected chi connectivity index (χ2v) is 10.1. The van der Waals surface area contributed by atoms with Crippen LogP contribution in [0.15, 0.2) is 24.5 Å². The number of ether oxygens (including phenoxy) is 2. The molecule has 186 valence electrons. The van der Waals surface area contributed by atoms with Crippen molar-refractivity contribution in [2.75, 3.05) is 25.1 Å². The van der Waals surface area contributed by atoms with E-state index in [4.69, 9.17) is 9.47 Å². The molecule has 1 aliphatic rings. The Hall–Kier alpha value is -3.69. The first kappa shape index (κ1) is 24.4. The van der Waals surface area contributed by atoms with Crippen LogP contribution in [-0.4, -0.2) is 58.4 Å². The maximum Gasteiger partial charge on any atom is 0.408 e. The van der Waals surface area contributed by atoms with Gasteiger partial charge >= 0.3 is 12.1 Å². The third-order valence-electron chi connectivity index (χ3n) is 5.97. The number of H-pyrrole nitrogens is 1. The van der Waals surface area contributed by atoms with E-state index in [9.17, 15) is 14.0 Å². The lowest BCUT2D eigenvalue weighted by Crippen LogP contribution is -2.49. The van der Waals surface area contributed by atoms with Crippen molar-refractivity contribution >= 4 is 28.8 Å². The van der Waals surface area contributed by atoms with Crippen molar-refractivity contribution in [1.29, 1.82) is 0 Å². The minimum atomic E-state index is -0.621. The Morgan fingerprint density at radius 3 is 2.66 bits per heavy atom. The summed E-state index contributed by atoms with van der Waals surface area (Å²) >= 11 is 0. The van der Waals surface area contributed by atoms with Crippen LogP contribution in [0.4, 0.5) is 14.9 Å². The van der Waals surface area contributed by atoms with E-state index < -0.39 is 29.0 Å². The van der Waals surface area contributed by atoms with Crippen LogP contribution in [0.5, 0.6) is 0 Å². The SMILES string of the molecule is COC(=O)c1cncc(-c2nc3c(C)ccc(F)c3[nH]2)c1N1CC[C@](C)(NC(=O)OC(C)(C)C)C1. The zero-order valence-electron chi connectivity index (χ0n) is 20.8. The van der Waals surface area contributed by atoms with Crippen LogP contribution in [0.1, 0.15) is 50.0 Å². The zero-order valence-corrected chi connectivity index (χ0v) is 20.8. The molecule has 3 aromatic rings. The monoisotopic (exact) mass is 483 g/mol. The van der Waals surface area contributed by atoms with Crippen molar-refractivity contribution in [2.45, 2.75) is 52.2 Å². The van der Waals surface area contributed by atoms with Crippen LogP contribution >= 0.6 is 0 Å². The lowest BCUT2D eigenvalue weighted by Gasteiger charge is -2.29. The summed E-state index contributed by atoms with van der Waals surface area (Å²) in [4.78, 5) is 39.0. The molecule has 2 N–H and O–H groups in total. The maximum absolute atomic E-state index is 14.5. The van der Waals surface area contributed by atoms with E-state index >= 15 is 0 Å². The van der Waals surface area contributed by atoms with Gasteiger partial charge < -0.3 is 24.7 Å². The largest absolute Gasteiger partial charge is 0.465 e. The summed E-state index contributed by atoms with van der Waals surface area (Å²) in [5, 5.41) is 2.96. The standard InChI is InChI=1S/C25H30FN5O4/c1-14-7-8-17(26)19-18(14)28-21(29-19)15-11-27-12-16(22(32)34-6)20(15)31-10-9-25(5,13-31)30-23(33)35-24(2,3)4/h7-8,11-12H,9-10,13H2,1-6H3,(H,28,29)(H,30,33)/t25-/m0/s1. The van der Waals surface area contributed by atoms with Crippen molar-refractivity contribution in [2.24, 2.45) is 0 Å². The number of fused-ring (bicyclic) bond motifs is 1. The van der Waals surface area contributed by atoms with Crippen LogP contribution in [0, 0.1) is 12.7 Å². The summed E-state index contributed by atoms with van der Waals surface area (Å²) in [6.07, 6.45) is 3.13. The number of nitrogens with one attached hydrogen (secondary N) is 2. The number of anilines is 1. The normalized spacial score (nSPS) is 18.1. The summed E-state index contributed by atoms with van der Waals surface area (Å²) in [6, 6.07) is 3.05. The maximum atomic E-state index is 14.5. The molecule has 0 bridgehead atoms. The fourth-order valence-corrected chi connectivity index (χ4v) is 4.35. The summed E-state index contributed by atoms with van der Waals surface area (Å²) < 4.78 is 24.9. The molecule has 0 aliphatic carbocycles. The Labute approximate surface area is 203 Å². The number of imidazole rings is 1. The van der Waals surface area contributed by atoms with Crippen LogP contribution in [0.2, 0.25) is 0 Å². The lowest BCUT2D eigenvalue weighted by atomic mass is 10.0. The number of carbonyl (C=O) groups excluding carboxylic acids is 2. The highest BCUT2D eigenvalue weighted by molar-refractivity contribution is 6.00. The summed E-state index contributed by atoms with van der Waals surface area (Å²) in [5.74, 6) is -0.588. The topological polar surface area (TPSA) is 109 Å². The van der Waals surface area contributed by atoms with Crippen molar-refractivity contribution in [1.82, 2.24) is 20.3 Å². The molecule has 1 atom stereocenters. The molecule has 1 aromatic carbocycles. The lowest BCUT2D eigenvalue weighted by molar-refractivity contribution is 0.0472. The minimum absolute atomic E-state index is 0.254. The van der Waals surface area contributed by atoms with Gasteiger partial charge in [0.15, 0.2) is 0 Å². The molecule has 0 spiro atoms. The number of hydrogen-bond acceptors (Lipinski definition) is 7. The summed E-state index contributed by atoms with van der Waals surface area (Å²) in [7, 11) is 1.30. The summed E-state index contributed by atoms with van der Waals surface area (Å²) in [6.45, 7) is 10.1. The van der Waals surface area contributed by atoms with Gasteiger partial charge in [0.05, 0.1) is 29.4 Å². The molecular formula is C25H30FN5O4. The second-order valence-electron chi connectivity index (χ2n) is 10.1. The Morgan fingerprint density at radius 2 is 2.00 bits per heavy atom. The van der Waals surface area contributed by atoms with Gasteiger partial charge in [0.25, 0.3) is 0 Å². The molecule has 9 nitrogen and oxygen atoms in total. The highest BCUT2D eigenvalue weighted by Gasteiger charge is 2.39. The number of aromatic amines is 1.